The first kappa shape index (κ1) is 20.4. The number of hydrogen-bond acceptors (Lipinski definition) is 5. The molecule has 0 spiro atoms. The molecule has 0 aliphatic carbocycles. The van der Waals surface area contributed by atoms with E-state index < -0.39 is 26.9 Å². The molecule has 2 amide bonds. The summed E-state index contributed by atoms with van der Waals surface area (Å²) < 4.78 is 24.1. The van der Waals surface area contributed by atoms with Crippen LogP contribution in [0.15, 0.2) is 41.3 Å². The van der Waals surface area contributed by atoms with E-state index in [9.17, 15) is 18.0 Å². The van der Waals surface area contributed by atoms with Crippen molar-refractivity contribution < 1.29 is 18.0 Å². The Hall–Kier alpha value is -2.66. The molecule has 0 bridgehead atoms. The number of rotatable bonds is 6. The summed E-state index contributed by atoms with van der Waals surface area (Å²) in [6.07, 6.45) is 0. The maximum absolute atomic E-state index is 12.1. The van der Waals surface area contributed by atoms with Crippen molar-refractivity contribution in [1.82, 2.24) is 4.90 Å². The Bertz CT molecular complexity index is 807. The van der Waals surface area contributed by atoms with E-state index in [0.717, 1.165) is 5.57 Å². The summed E-state index contributed by atoms with van der Waals surface area (Å²) >= 11 is 0. The topological polar surface area (TPSA) is 107 Å². The number of likely N-dealkylation sites (N-methyl/N-ethyl adjacent to an activating group) is 1. The van der Waals surface area contributed by atoms with Gasteiger partial charge in [0.15, 0.2) is 9.84 Å². The van der Waals surface area contributed by atoms with Crippen LogP contribution in [-0.4, -0.2) is 43.5 Å². The first-order valence-electron chi connectivity index (χ1n) is 7.61. The molecule has 1 aromatic rings. The maximum Gasteiger partial charge on any atom is 0.313 e. The van der Waals surface area contributed by atoms with Gasteiger partial charge in [-0.2, -0.15) is 5.26 Å². The van der Waals surface area contributed by atoms with E-state index in [0.29, 0.717) is 6.54 Å². The van der Waals surface area contributed by atoms with Crippen molar-refractivity contribution in [2.45, 2.75) is 30.9 Å². The fourth-order valence-corrected chi connectivity index (χ4v) is 3.05. The first-order chi connectivity index (χ1) is 11.6. The molecule has 134 valence electrons. The van der Waals surface area contributed by atoms with Gasteiger partial charge >= 0.3 is 11.8 Å². The molecule has 7 nitrogen and oxygen atoms in total. The molecule has 0 unspecified atom stereocenters. The van der Waals surface area contributed by atoms with Crippen LogP contribution in [0.3, 0.4) is 0 Å². The zero-order chi connectivity index (χ0) is 19.2. The van der Waals surface area contributed by atoms with E-state index in [-0.39, 0.29) is 17.1 Å². The van der Waals surface area contributed by atoms with Crippen molar-refractivity contribution in [1.29, 1.82) is 5.26 Å². The standard InChI is InChI=1S/C17H21N3O4S/c1-5-20(11-12(2)3)17(22)16(21)19-14-6-8-15(9-7-14)25(23,24)13(4)10-18/h6-9,13H,2,5,11H2,1,3-4H3,(H,19,21)/t13-/m1/s1. The van der Waals surface area contributed by atoms with Crippen LogP contribution in [0.2, 0.25) is 0 Å². The lowest BCUT2D eigenvalue weighted by atomic mass is 10.3. The van der Waals surface area contributed by atoms with E-state index in [1.165, 1.54) is 36.1 Å². The van der Waals surface area contributed by atoms with Gasteiger partial charge in [-0.15, -0.1) is 0 Å². The Morgan fingerprint density at radius 3 is 2.32 bits per heavy atom. The summed E-state index contributed by atoms with van der Waals surface area (Å²) in [5, 5.41) is 10.0. The molecule has 1 N–H and O–H groups in total. The maximum atomic E-state index is 12.1. The Morgan fingerprint density at radius 1 is 1.32 bits per heavy atom. The summed E-state index contributed by atoms with van der Waals surface area (Å²) in [6.45, 7) is 9.17. The van der Waals surface area contributed by atoms with Crippen LogP contribution in [0.25, 0.3) is 0 Å². The zero-order valence-electron chi connectivity index (χ0n) is 14.4. The average Bonchev–Trinajstić information content (AvgIpc) is 2.58. The number of nitrogens with one attached hydrogen (secondary N) is 1. The highest BCUT2D eigenvalue weighted by atomic mass is 32.2. The third-order valence-electron chi connectivity index (χ3n) is 3.41. The third kappa shape index (κ3) is 5.16. The van der Waals surface area contributed by atoms with Gasteiger partial charge in [-0.3, -0.25) is 9.59 Å². The average molecular weight is 363 g/mol. The molecule has 0 saturated carbocycles. The molecule has 1 atom stereocenters. The normalized spacial score (nSPS) is 11.9. The van der Waals surface area contributed by atoms with Gasteiger partial charge < -0.3 is 10.2 Å². The summed E-state index contributed by atoms with van der Waals surface area (Å²) in [4.78, 5) is 25.5. The van der Waals surface area contributed by atoms with Crippen LogP contribution < -0.4 is 5.32 Å². The number of carbonyl (C=O) groups is 2. The molecular formula is C17H21N3O4S. The van der Waals surface area contributed by atoms with E-state index in [2.05, 4.69) is 11.9 Å². The minimum atomic E-state index is -3.74. The predicted molar refractivity (Wildman–Crippen MR) is 94.4 cm³/mol. The Balaban J connectivity index is 2.88. The molecule has 0 radical (unpaired) electrons. The highest BCUT2D eigenvalue weighted by Gasteiger charge is 2.24. The second-order valence-corrected chi connectivity index (χ2v) is 7.84. The van der Waals surface area contributed by atoms with Gasteiger partial charge in [0.2, 0.25) is 0 Å². The van der Waals surface area contributed by atoms with Gasteiger partial charge in [0.05, 0.1) is 11.0 Å². The van der Waals surface area contributed by atoms with E-state index in [4.69, 9.17) is 5.26 Å². The smallest absolute Gasteiger partial charge is 0.313 e. The second kappa shape index (κ2) is 8.44. The molecule has 8 heteroatoms. The van der Waals surface area contributed by atoms with Gasteiger partial charge in [0.1, 0.15) is 5.25 Å². The van der Waals surface area contributed by atoms with Crippen LogP contribution in [0, 0.1) is 11.3 Å². The molecule has 0 saturated heterocycles. The van der Waals surface area contributed by atoms with Gasteiger partial charge in [-0.1, -0.05) is 12.2 Å². The monoisotopic (exact) mass is 363 g/mol. The fraction of sp³-hybridized carbons (Fsp3) is 0.353. The quantitative estimate of drug-likeness (QED) is 0.612. The number of benzene rings is 1. The Labute approximate surface area is 147 Å². The minimum absolute atomic E-state index is 0.0247. The summed E-state index contributed by atoms with van der Waals surface area (Å²) in [6, 6.07) is 7.00. The molecule has 0 aromatic heterocycles. The van der Waals surface area contributed by atoms with E-state index >= 15 is 0 Å². The fourth-order valence-electron chi connectivity index (χ4n) is 1.98. The Morgan fingerprint density at radius 2 is 1.88 bits per heavy atom. The van der Waals surface area contributed by atoms with Gasteiger partial charge in [-0.25, -0.2) is 8.42 Å². The molecule has 1 rings (SSSR count). The molecule has 25 heavy (non-hydrogen) atoms. The lowest BCUT2D eigenvalue weighted by molar-refractivity contribution is -0.142. The van der Waals surface area contributed by atoms with Gasteiger partial charge in [0.25, 0.3) is 0 Å². The van der Waals surface area contributed by atoms with Crippen molar-refractivity contribution in [2.24, 2.45) is 0 Å². The van der Waals surface area contributed by atoms with Crippen molar-refractivity contribution in [2.75, 3.05) is 18.4 Å². The number of nitrogens with zero attached hydrogens (tertiary/aromatic N) is 2. The summed E-state index contributed by atoms with van der Waals surface area (Å²) in [7, 11) is -3.74. The lowest BCUT2D eigenvalue weighted by Gasteiger charge is -2.20. The molecule has 1 aromatic carbocycles. The van der Waals surface area contributed by atoms with Crippen LogP contribution in [0.1, 0.15) is 20.8 Å². The van der Waals surface area contributed by atoms with Crippen molar-refractivity contribution in [3.8, 4) is 6.07 Å². The molecule has 0 aliphatic heterocycles. The van der Waals surface area contributed by atoms with Crippen molar-refractivity contribution in [3.05, 3.63) is 36.4 Å². The van der Waals surface area contributed by atoms with Crippen molar-refractivity contribution >= 4 is 27.3 Å². The summed E-state index contributed by atoms with van der Waals surface area (Å²) in [5.41, 5.74) is 1.04. The Kier molecular flexibility index (Phi) is 6.88. The van der Waals surface area contributed by atoms with Crippen LogP contribution in [0.4, 0.5) is 5.69 Å². The van der Waals surface area contributed by atoms with Crippen molar-refractivity contribution in [3.63, 3.8) is 0 Å². The first-order valence-corrected chi connectivity index (χ1v) is 9.16. The predicted octanol–water partition coefficient (Wildman–Crippen LogP) is 1.74. The highest BCUT2D eigenvalue weighted by molar-refractivity contribution is 7.92. The molecule has 0 heterocycles. The van der Waals surface area contributed by atoms with E-state index in [1.54, 1.807) is 19.9 Å². The van der Waals surface area contributed by atoms with Gasteiger partial charge in [0, 0.05) is 18.8 Å². The highest BCUT2D eigenvalue weighted by Crippen LogP contribution is 2.18. The molecule has 0 fully saturated rings. The molecule has 0 aliphatic rings. The number of amides is 2. The van der Waals surface area contributed by atoms with Gasteiger partial charge in [-0.05, 0) is 45.0 Å². The van der Waals surface area contributed by atoms with Crippen LogP contribution in [0.5, 0.6) is 0 Å². The zero-order valence-corrected chi connectivity index (χ0v) is 15.3. The number of anilines is 1. The largest absolute Gasteiger partial charge is 0.331 e. The number of hydrogen-bond donors (Lipinski definition) is 1. The SMILES string of the molecule is C=C(C)CN(CC)C(=O)C(=O)Nc1ccc(S(=O)(=O)[C@H](C)C#N)cc1. The lowest BCUT2D eigenvalue weighted by Crippen LogP contribution is -2.40. The van der Waals surface area contributed by atoms with Crippen LogP contribution >= 0.6 is 0 Å². The number of sulfone groups is 1. The molecular weight excluding hydrogens is 342 g/mol. The van der Waals surface area contributed by atoms with E-state index in [1.807, 2.05) is 0 Å². The second-order valence-electron chi connectivity index (χ2n) is 5.57. The summed E-state index contributed by atoms with van der Waals surface area (Å²) in [5.74, 6) is -1.51. The minimum Gasteiger partial charge on any atom is -0.331 e. The number of carbonyl (C=O) groups excluding carboxylic acids is 2. The third-order valence-corrected chi connectivity index (χ3v) is 5.38. The number of nitriles is 1. The van der Waals surface area contributed by atoms with Crippen LogP contribution in [-0.2, 0) is 19.4 Å².